The first-order valence-electron chi connectivity index (χ1n) is 9.32. The van der Waals surface area contributed by atoms with Crippen LogP contribution in [0.5, 0.6) is 0 Å². The number of benzene rings is 2. The number of para-hydroxylation sites is 1. The molecule has 1 amide bonds. The van der Waals surface area contributed by atoms with Gasteiger partial charge in [0, 0.05) is 6.54 Å². The summed E-state index contributed by atoms with van der Waals surface area (Å²) in [5, 5.41) is 10.7. The summed E-state index contributed by atoms with van der Waals surface area (Å²) in [7, 11) is 0. The van der Waals surface area contributed by atoms with E-state index in [1.807, 2.05) is 24.3 Å². The molecule has 0 atom stereocenters. The summed E-state index contributed by atoms with van der Waals surface area (Å²) in [6.07, 6.45) is 0.725. The van der Waals surface area contributed by atoms with Gasteiger partial charge in [0.25, 0.3) is 5.91 Å². The van der Waals surface area contributed by atoms with Crippen molar-refractivity contribution in [2.75, 3.05) is 13.2 Å². The van der Waals surface area contributed by atoms with Crippen molar-refractivity contribution in [1.82, 2.24) is 20.3 Å². The Kier molecular flexibility index (Phi) is 6.37. The minimum atomic E-state index is -0.532. The molecule has 0 radical (unpaired) electrons. The normalized spacial score (nSPS) is 11.0. The topological polar surface area (TPSA) is 86.1 Å². The summed E-state index contributed by atoms with van der Waals surface area (Å²) in [5.41, 5.74) is 3.89. The van der Waals surface area contributed by atoms with Gasteiger partial charge in [-0.15, -0.1) is 5.10 Å². The summed E-state index contributed by atoms with van der Waals surface area (Å²) in [6.45, 7) is 4.41. The first-order valence-corrected chi connectivity index (χ1v) is 9.32. The summed E-state index contributed by atoms with van der Waals surface area (Å²) in [4.78, 5) is 23.8. The Morgan fingerprint density at radius 1 is 1.11 bits per heavy atom. The average Bonchev–Trinajstić information content (AvgIpc) is 3.10. The standard InChI is InChI=1S/C21H24N4O3/c1-15(2)17-9-7-16(8-10-17)11-12-22-20(26)14-28-21(27)13-25-19-6-4-3-5-18(19)23-24-25/h3-10,15H,11-14H2,1-2H3,(H,22,26). The Bertz CT molecular complexity index is 948. The lowest BCUT2D eigenvalue weighted by molar-refractivity contribution is -0.149. The number of fused-ring (bicyclic) bond motifs is 1. The monoisotopic (exact) mass is 380 g/mol. The van der Waals surface area contributed by atoms with E-state index in [1.54, 1.807) is 0 Å². The number of amides is 1. The molecule has 0 unspecified atom stereocenters. The highest BCUT2D eigenvalue weighted by molar-refractivity contribution is 5.81. The number of aromatic nitrogens is 3. The first kappa shape index (κ1) is 19.5. The van der Waals surface area contributed by atoms with Gasteiger partial charge in [-0.1, -0.05) is 55.5 Å². The molecule has 146 valence electrons. The number of hydrogen-bond donors (Lipinski definition) is 1. The Morgan fingerprint density at radius 2 is 1.86 bits per heavy atom. The third kappa shape index (κ3) is 5.16. The number of carbonyl (C=O) groups excluding carboxylic acids is 2. The minimum absolute atomic E-state index is 0.0873. The van der Waals surface area contributed by atoms with Gasteiger partial charge in [0.1, 0.15) is 12.1 Å². The molecular formula is C21H24N4O3. The Morgan fingerprint density at radius 3 is 2.61 bits per heavy atom. The van der Waals surface area contributed by atoms with E-state index in [0.717, 1.165) is 17.5 Å². The van der Waals surface area contributed by atoms with Crippen LogP contribution in [0.2, 0.25) is 0 Å². The SMILES string of the molecule is CC(C)c1ccc(CCNC(=O)COC(=O)Cn2nnc3ccccc32)cc1. The van der Waals surface area contributed by atoms with Gasteiger partial charge in [0.15, 0.2) is 6.61 Å². The van der Waals surface area contributed by atoms with Gasteiger partial charge in [0.2, 0.25) is 0 Å². The largest absolute Gasteiger partial charge is 0.454 e. The van der Waals surface area contributed by atoms with Gasteiger partial charge in [-0.3, -0.25) is 9.59 Å². The van der Waals surface area contributed by atoms with Crippen LogP contribution in [0, 0.1) is 0 Å². The van der Waals surface area contributed by atoms with Crippen LogP contribution in [0.3, 0.4) is 0 Å². The summed E-state index contributed by atoms with van der Waals surface area (Å²) in [5.74, 6) is -0.357. The molecule has 1 heterocycles. The van der Waals surface area contributed by atoms with Crippen molar-refractivity contribution in [3.63, 3.8) is 0 Å². The number of esters is 1. The van der Waals surface area contributed by atoms with Crippen LogP contribution < -0.4 is 5.32 Å². The molecule has 1 N–H and O–H groups in total. The summed E-state index contributed by atoms with van der Waals surface area (Å²) in [6, 6.07) is 15.7. The van der Waals surface area contributed by atoms with E-state index in [1.165, 1.54) is 10.2 Å². The predicted octanol–water partition coefficient (Wildman–Crippen LogP) is 2.46. The number of nitrogens with zero attached hydrogens (tertiary/aromatic N) is 3. The quantitative estimate of drug-likeness (QED) is 0.607. The lowest BCUT2D eigenvalue weighted by Crippen LogP contribution is -2.31. The fourth-order valence-electron chi connectivity index (χ4n) is 2.81. The zero-order valence-corrected chi connectivity index (χ0v) is 16.1. The van der Waals surface area contributed by atoms with Gasteiger partial charge in [-0.2, -0.15) is 0 Å². The molecule has 0 saturated heterocycles. The zero-order chi connectivity index (χ0) is 19.9. The molecular weight excluding hydrogens is 356 g/mol. The highest BCUT2D eigenvalue weighted by Crippen LogP contribution is 2.14. The Hall–Kier alpha value is -3.22. The second-order valence-electron chi connectivity index (χ2n) is 6.89. The Labute approximate surface area is 163 Å². The second kappa shape index (κ2) is 9.12. The van der Waals surface area contributed by atoms with Crippen LogP contribution in [0.4, 0.5) is 0 Å². The molecule has 0 spiro atoms. The summed E-state index contributed by atoms with van der Waals surface area (Å²) < 4.78 is 6.49. The van der Waals surface area contributed by atoms with Crippen molar-refractivity contribution in [3.05, 3.63) is 59.7 Å². The molecule has 0 aliphatic rings. The molecule has 2 aromatic carbocycles. The van der Waals surface area contributed by atoms with Gasteiger partial charge >= 0.3 is 5.97 Å². The fraction of sp³-hybridized carbons (Fsp3) is 0.333. The van der Waals surface area contributed by atoms with Crippen LogP contribution in [0.1, 0.15) is 30.9 Å². The molecule has 28 heavy (non-hydrogen) atoms. The zero-order valence-electron chi connectivity index (χ0n) is 16.1. The number of nitrogens with one attached hydrogen (secondary N) is 1. The van der Waals surface area contributed by atoms with Gasteiger partial charge in [0.05, 0.1) is 5.52 Å². The maximum Gasteiger partial charge on any atom is 0.328 e. The lowest BCUT2D eigenvalue weighted by Gasteiger charge is -2.08. The predicted molar refractivity (Wildman–Crippen MR) is 106 cm³/mol. The highest BCUT2D eigenvalue weighted by atomic mass is 16.5. The van der Waals surface area contributed by atoms with Crippen molar-refractivity contribution in [2.24, 2.45) is 0 Å². The highest BCUT2D eigenvalue weighted by Gasteiger charge is 2.11. The molecule has 0 aliphatic carbocycles. The number of ether oxygens (including phenoxy) is 1. The van der Waals surface area contributed by atoms with Crippen LogP contribution in [0.15, 0.2) is 48.5 Å². The van der Waals surface area contributed by atoms with E-state index in [0.29, 0.717) is 18.0 Å². The molecule has 3 aromatic rings. The van der Waals surface area contributed by atoms with E-state index in [2.05, 4.69) is 53.7 Å². The van der Waals surface area contributed by atoms with Crippen molar-refractivity contribution in [2.45, 2.75) is 32.7 Å². The third-order valence-corrected chi connectivity index (χ3v) is 4.45. The third-order valence-electron chi connectivity index (χ3n) is 4.45. The maximum absolute atomic E-state index is 11.9. The molecule has 3 rings (SSSR count). The van der Waals surface area contributed by atoms with Crippen molar-refractivity contribution in [3.8, 4) is 0 Å². The molecule has 1 aromatic heterocycles. The maximum atomic E-state index is 11.9. The van der Waals surface area contributed by atoms with Crippen molar-refractivity contribution >= 4 is 22.9 Å². The molecule has 0 aliphatic heterocycles. The molecule has 0 bridgehead atoms. The molecule has 7 heteroatoms. The lowest BCUT2D eigenvalue weighted by atomic mass is 10.0. The number of hydrogen-bond acceptors (Lipinski definition) is 5. The molecule has 0 saturated carbocycles. The van der Waals surface area contributed by atoms with Crippen LogP contribution >= 0.6 is 0 Å². The van der Waals surface area contributed by atoms with E-state index >= 15 is 0 Å². The summed E-state index contributed by atoms with van der Waals surface area (Å²) >= 11 is 0. The van der Waals surface area contributed by atoms with Gasteiger partial charge in [-0.25, -0.2) is 4.68 Å². The van der Waals surface area contributed by atoms with Crippen molar-refractivity contribution in [1.29, 1.82) is 0 Å². The van der Waals surface area contributed by atoms with Crippen LogP contribution in [0.25, 0.3) is 11.0 Å². The second-order valence-corrected chi connectivity index (χ2v) is 6.89. The molecule has 0 fully saturated rings. The van der Waals surface area contributed by atoms with Crippen molar-refractivity contribution < 1.29 is 14.3 Å². The smallest absolute Gasteiger partial charge is 0.328 e. The minimum Gasteiger partial charge on any atom is -0.454 e. The Balaban J connectivity index is 1.38. The molecule has 7 nitrogen and oxygen atoms in total. The van der Waals surface area contributed by atoms with E-state index in [4.69, 9.17) is 4.74 Å². The van der Waals surface area contributed by atoms with Gasteiger partial charge < -0.3 is 10.1 Å². The van der Waals surface area contributed by atoms with Crippen LogP contribution in [-0.2, 0) is 27.3 Å². The van der Waals surface area contributed by atoms with E-state index in [9.17, 15) is 9.59 Å². The average molecular weight is 380 g/mol. The van der Waals surface area contributed by atoms with Gasteiger partial charge in [-0.05, 0) is 35.6 Å². The number of carbonyl (C=O) groups is 2. The van der Waals surface area contributed by atoms with E-state index < -0.39 is 5.97 Å². The number of rotatable bonds is 8. The first-order chi connectivity index (χ1) is 13.5. The van der Waals surface area contributed by atoms with Crippen LogP contribution in [-0.4, -0.2) is 40.0 Å². The fourth-order valence-corrected chi connectivity index (χ4v) is 2.81. The van der Waals surface area contributed by atoms with E-state index in [-0.39, 0.29) is 19.1 Å².